The molecule has 2 aromatic heterocycles. The highest BCUT2D eigenvalue weighted by atomic mass is 16.1. The van der Waals surface area contributed by atoms with Gasteiger partial charge in [-0.15, -0.1) is 0 Å². The summed E-state index contributed by atoms with van der Waals surface area (Å²) < 4.78 is 0. The van der Waals surface area contributed by atoms with Crippen molar-refractivity contribution in [2.75, 3.05) is 31.1 Å². The highest BCUT2D eigenvalue weighted by Crippen LogP contribution is 2.18. The summed E-state index contributed by atoms with van der Waals surface area (Å²) in [7, 11) is 0. The van der Waals surface area contributed by atoms with Crippen molar-refractivity contribution >= 4 is 23.5 Å². The minimum Gasteiger partial charge on any atom is -0.355 e. The van der Waals surface area contributed by atoms with E-state index in [1.807, 2.05) is 55.5 Å². The van der Waals surface area contributed by atoms with Crippen molar-refractivity contribution in [1.82, 2.24) is 15.3 Å². The third kappa shape index (κ3) is 4.78. The van der Waals surface area contributed by atoms with E-state index in [-0.39, 0.29) is 5.78 Å². The lowest BCUT2D eigenvalue weighted by molar-refractivity contribution is 0.103. The fraction of sp³-hybridized carbons (Fsp3) is 0.250. The number of ketones is 1. The van der Waals surface area contributed by atoms with Crippen LogP contribution in [0.25, 0.3) is 0 Å². The fourth-order valence-electron chi connectivity index (χ4n) is 3.45. The average molecular weight is 399 g/mol. The molecular weight excluding hydrogens is 374 g/mol. The Bertz CT molecular complexity index is 1040. The molecule has 3 aromatic rings. The van der Waals surface area contributed by atoms with Gasteiger partial charge in [-0.2, -0.15) is 0 Å². The molecule has 6 heteroatoms. The number of aliphatic imine (C=N–C) groups is 1. The van der Waals surface area contributed by atoms with Gasteiger partial charge in [-0.05, 0) is 50.2 Å². The number of nitrogens with one attached hydrogen (secondary N) is 1. The summed E-state index contributed by atoms with van der Waals surface area (Å²) in [5.41, 5.74) is 3.30. The van der Waals surface area contributed by atoms with Gasteiger partial charge in [0.05, 0.1) is 5.69 Å². The van der Waals surface area contributed by atoms with Crippen molar-refractivity contribution in [1.29, 1.82) is 0 Å². The molecule has 1 N–H and O–H groups in total. The lowest BCUT2D eigenvalue weighted by Crippen LogP contribution is -2.29. The number of rotatable bonds is 5. The van der Waals surface area contributed by atoms with Gasteiger partial charge in [0.15, 0.2) is 0 Å². The van der Waals surface area contributed by atoms with E-state index in [0.717, 1.165) is 49.7 Å². The molecule has 30 heavy (non-hydrogen) atoms. The van der Waals surface area contributed by atoms with Crippen LogP contribution in [0, 0.1) is 6.92 Å². The first kappa shape index (κ1) is 19.9. The molecule has 0 saturated carbocycles. The Morgan fingerprint density at radius 1 is 1.10 bits per heavy atom. The van der Waals surface area contributed by atoms with E-state index < -0.39 is 0 Å². The molecule has 0 unspecified atom stereocenters. The molecule has 3 heterocycles. The molecule has 1 aliphatic rings. The second kappa shape index (κ2) is 9.41. The molecule has 1 aromatic carbocycles. The minimum atomic E-state index is -0.121. The molecule has 0 radical (unpaired) electrons. The van der Waals surface area contributed by atoms with Gasteiger partial charge in [0.2, 0.25) is 5.78 Å². The molecule has 1 saturated heterocycles. The van der Waals surface area contributed by atoms with E-state index in [0.29, 0.717) is 17.0 Å². The first-order valence-corrected chi connectivity index (χ1v) is 10.2. The zero-order chi connectivity index (χ0) is 20.8. The van der Waals surface area contributed by atoms with Gasteiger partial charge in [-0.25, -0.2) is 4.98 Å². The van der Waals surface area contributed by atoms with Crippen molar-refractivity contribution in [3.05, 3.63) is 83.3 Å². The Balaban J connectivity index is 1.58. The van der Waals surface area contributed by atoms with Gasteiger partial charge in [-0.1, -0.05) is 24.3 Å². The van der Waals surface area contributed by atoms with E-state index in [1.54, 1.807) is 18.5 Å². The topological polar surface area (TPSA) is 70.5 Å². The number of aryl methyl sites for hydroxylation is 1. The molecule has 0 amide bonds. The standard InChI is InChI=1S/C24H25N5O/c1-18-21(15-19(16-26-18)17-27-20-7-3-2-4-8-20)24(30)22-9-5-10-23(28-22)29-13-6-11-25-12-14-29/h2-5,7-10,15-17,25H,6,11-14H2,1H3. The number of nitrogens with zero attached hydrogens (tertiary/aromatic N) is 4. The quantitative estimate of drug-likeness (QED) is 0.525. The van der Waals surface area contributed by atoms with Gasteiger partial charge in [0.25, 0.3) is 0 Å². The average Bonchev–Trinajstić information content (AvgIpc) is 3.08. The number of hydrogen-bond acceptors (Lipinski definition) is 6. The Labute approximate surface area is 176 Å². The summed E-state index contributed by atoms with van der Waals surface area (Å²) in [5, 5.41) is 3.39. The first-order valence-electron chi connectivity index (χ1n) is 10.2. The number of anilines is 1. The first-order chi connectivity index (χ1) is 14.7. The lowest BCUT2D eigenvalue weighted by Gasteiger charge is -2.21. The third-order valence-electron chi connectivity index (χ3n) is 5.10. The van der Waals surface area contributed by atoms with Crippen LogP contribution in [0.2, 0.25) is 0 Å². The molecular formula is C24H25N5O. The van der Waals surface area contributed by atoms with Crippen molar-refractivity contribution in [2.24, 2.45) is 4.99 Å². The second-order valence-electron chi connectivity index (χ2n) is 7.30. The van der Waals surface area contributed by atoms with Crippen LogP contribution in [0.1, 0.15) is 33.7 Å². The Morgan fingerprint density at radius 3 is 2.83 bits per heavy atom. The maximum absolute atomic E-state index is 13.2. The molecule has 0 aliphatic carbocycles. The SMILES string of the molecule is Cc1ncc(C=Nc2ccccc2)cc1C(=O)c1cccc(N2CCCNCC2)n1. The summed E-state index contributed by atoms with van der Waals surface area (Å²) in [6.07, 6.45) is 4.52. The summed E-state index contributed by atoms with van der Waals surface area (Å²) in [6, 6.07) is 17.2. The van der Waals surface area contributed by atoms with Gasteiger partial charge >= 0.3 is 0 Å². The molecule has 1 aliphatic heterocycles. The van der Waals surface area contributed by atoms with E-state index in [4.69, 9.17) is 0 Å². The Morgan fingerprint density at radius 2 is 1.97 bits per heavy atom. The number of benzene rings is 1. The Kier molecular flexibility index (Phi) is 6.25. The number of pyridine rings is 2. The van der Waals surface area contributed by atoms with Crippen LogP contribution >= 0.6 is 0 Å². The molecule has 0 bridgehead atoms. The summed E-state index contributed by atoms with van der Waals surface area (Å²) in [5.74, 6) is 0.724. The van der Waals surface area contributed by atoms with Crippen molar-refractivity contribution < 1.29 is 4.79 Å². The van der Waals surface area contributed by atoms with E-state index in [2.05, 4.69) is 25.2 Å². The summed E-state index contributed by atoms with van der Waals surface area (Å²) in [4.78, 5) is 29.0. The number of carbonyl (C=O) groups is 1. The molecule has 6 nitrogen and oxygen atoms in total. The number of aromatic nitrogens is 2. The van der Waals surface area contributed by atoms with Crippen LogP contribution < -0.4 is 10.2 Å². The highest BCUT2D eigenvalue weighted by molar-refractivity contribution is 6.09. The maximum Gasteiger partial charge on any atom is 0.213 e. The maximum atomic E-state index is 13.2. The predicted octanol–water partition coefficient (Wildman–Crippen LogP) is 3.57. The molecule has 4 rings (SSSR count). The summed E-state index contributed by atoms with van der Waals surface area (Å²) >= 11 is 0. The molecule has 0 atom stereocenters. The van der Waals surface area contributed by atoms with Crippen LogP contribution in [-0.4, -0.2) is 48.1 Å². The van der Waals surface area contributed by atoms with Crippen LogP contribution in [0.3, 0.4) is 0 Å². The van der Waals surface area contributed by atoms with E-state index in [9.17, 15) is 4.79 Å². The highest BCUT2D eigenvalue weighted by Gasteiger charge is 2.17. The number of para-hydroxylation sites is 1. The van der Waals surface area contributed by atoms with Gasteiger partial charge in [0, 0.05) is 48.9 Å². The second-order valence-corrected chi connectivity index (χ2v) is 7.30. The van der Waals surface area contributed by atoms with Crippen molar-refractivity contribution in [2.45, 2.75) is 13.3 Å². The molecule has 1 fully saturated rings. The summed E-state index contributed by atoms with van der Waals surface area (Å²) in [6.45, 7) is 5.60. The zero-order valence-electron chi connectivity index (χ0n) is 17.1. The third-order valence-corrected chi connectivity index (χ3v) is 5.10. The lowest BCUT2D eigenvalue weighted by atomic mass is 10.0. The van der Waals surface area contributed by atoms with Crippen LogP contribution in [0.5, 0.6) is 0 Å². The van der Waals surface area contributed by atoms with Crippen LogP contribution in [-0.2, 0) is 0 Å². The predicted molar refractivity (Wildman–Crippen MR) is 120 cm³/mol. The fourth-order valence-corrected chi connectivity index (χ4v) is 3.45. The van der Waals surface area contributed by atoms with Crippen molar-refractivity contribution in [3.63, 3.8) is 0 Å². The zero-order valence-corrected chi connectivity index (χ0v) is 17.1. The smallest absolute Gasteiger partial charge is 0.213 e. The molecule has 152 valence electrons. The minimum absolute atomic E-state index is 0.121. The number of hydrogen-bond donors (Lipinski definition) is 1. The normalized spacial score (nSPS) is 14.6. The van der Waals surface area contributed by atoms with Gasteiger partial charge in [0.1, 0.15) is 11.5 Å². The van der Waals surface area contributed by atoms with E-state index >= 15 is 0 Å². The van der Waals surface area contributed by atoms with Gasteiger partial charge in [-0.3, -0.25) is 14.8 Å². The van der Waals surface area contributed by atoms with E-state index in [1.165, 1.54) is 0 Å². The van der Waals surface area contributed by atoms with Crippen molar-refractivity contribution in [3.8, 4) is 0 Å². The monoisotopic (exact) mass is 399 g/mol. The molecule has 0 spiro atoms. The van der Waals surface area contributed by atoms with Crippen LogP contribution in [0.4, 0.5) is 11.5 Å². The Hall–Kier alpha value is -3.38. The van der Waals surface area contributed by atoms with Crippen LogP contribution in [0.15, 0.2) is 65.8 Å². The largest absolute Gasteiger partial charge is 0.355 e. The van der Waals surface area contributed by atoms with Gasteiger partial charge < -0.3 is 10.2 Å². The number of carbonyl (C=O) groups excluding carboxylic acids is 1.